The molecule has 2 rings (SSSR count). The molecular formula is C11H19NO2. The summed E-state index contributed by atoms with van der Waals surface area (Å²) in [5, 5.41) is 0. The fraction of sp³-hybridized carbons (Fsp3) is 0.909. The number of carbonyl (C=O) groups is 1. The van der Waals surface area contributed by atoms with E-state index in [0.717, 1.165) is 45.4 Å². The Hall–Kier alpha value is -0.410. The highest BCUT2D eigenvalue weighted by molar-refractivity contribution is 5.85. The lowest BCUT2D eigenvalue weighted by molar-refractivity contribution is -0.122. The van der Waals surface area contributed by atoms with E-state index in [2.05, 4.69) is 11.8 Å². The monoisotopic (exact) mass is 197 g/mol. The van der Waals surface area contributed by atoms with Crippen LogP contribution in [-0.4, -0.2) is 42.5 Å². The molecule has 80 valence electrons. The van der Waals surface area contributed by atoms with Crippen LogP contribution in [0.25, 0.3) is 0 Å². The summed E-state index contributed by atoms with van der Waals surface area (Å²) in [6.45, 7) is 4.90. The zero-order valence-corrected chi connectivity index (χ0v) is 8.87. The van der Waals surface area contributed by atoms with E-state index in [0.29, 0.717) is 5.78 Å². The lowest BCUT2D eigenvalue weighted by atomic mass is 10.2. The number of hydrogen-bond donors (Lipinski definition) is 0. The van der Waals surface area contributed by atoms with Crippen LogP contribution in [0.5, 0.6) is 0 Å². The summed E-state index contributed by atoms with van der Waals surface area (Å²) in [5.41, 5.74) is 0. The molecule has 2 fully saturated rings. The molecule has 0 amide bonds. The molecule has 14 heavy (non-hydrogen) atoms. The summed E-state index contributed by atoms with van der Waals surface area (Å²) < 4.78 is 5.57. The van der Waals surface area contributed by atoms with Crippen LogP contribution in [0.1, 0.15) is 32.6 Å². The molecule has 2 atom stereocenters. The van der Waals surface area contributed by atoms with E-state index in [4.69, 9.17) is 4.74 Å². The summed E-state index contributed by atoms with van der Waals surface area (Å²) in [6, 6.07) is 0.208. The molecule has 0 aromatic rings. The molecule has 0 aromatic heterocycles. The zero-order chi connectivity index (χ0) is 9.97. The molecule has 1 heterocycles. The van der Waals surface area contributed by atoms with Crippen molar-refractivity contribution in [2.24, 2.45) is 0 Å². The predicted octanol–water partition coefficient (Wildman–Crippen LogP) is 1.22. The van der Waals surface area contributed by atoms with E-state index in [1.54, 1.807) is 0 Å². The van der Waals surface area contributed by atoms with Gasteiger partial charge in [-0.05, 0) is 26.2 Å². The van der Waals surface area contributed by atoms with Crippen LogP contribution < -0.4 is 0 Å². The van der Waals surface area contributed by atoms with Gasteiger partial charge in [-0.25, -0.2) is 0 Å². The second-order valence-electron chi connectivity index (χ2n) is 4.40. The number of nitrogens with zero attached hydrogens (tertiary/aromatic N) is 1. The molecule has 0 spiro atoms. The van der Waals surface area contributed by atoms with Crippen LogP contribution in [0.2, 0.25) is 0 Å². The van der Waals surface area contributed by atoms with Crippen molar-refractivity contribution in [2.75, 3.05) is 19.7 Å². The quantitative estimate of drug-likeness (QED) is 0.633. The van der Waals surface area contributed by atoms with Gasteiger partial charge in [-0.1, -0.05) is 0 Å². The fourth-order valence-electron chi connectivity index (χ4n) is 2.49. The summed E-state index contributed by atoms with van der Waals surface area (Å²) >= 11 is 0. The minimum Gasteiger partial charge on any atom is -0.377 e. The summed E-state index contributed by atoms with van der Waals surface area (Å²) in [7, 11) is 0. The van der Waals surface area contributed by atoms with Gasteiger partial charge in [0.1, 0.15) is 5.78 Å². The standard InChI is InChI=1S/C11H19NO2/c1-9-8-12(6-3-7-14-9)10-4-2-5-11(10)13/h9-10H,2-8H2,1H3. The Morgan fingerprint density at radius 1 is 1.43 bits per heavy atom. The molecule has 0 radical (unpaired) electrons. The lowest BCUT2D eigenvalue weighted by Crippen LogP contribution is -2.41. The smallest absolute Gasteiger partial charge is 0.149 e. The van der Waals surface area contributed by atoms with Crippen molar-refractivity contribution in [3.8, 4) is 0 Å². The van der Waals surface area contributed by atoms with Gasteiger partial charge in [-0.15, -0.1) is 0 Å². The maximum absolute atomic E-state index is 11.6. The van der Waals surface area contributed by atoms with Crippen LogP contribution in [0.4, 0.5) is 0 Å². The number of ether oxygens (including phenoxy) is 1. The first-order valence-corrected chi connectivity index (χ1v) is 5.66. The number of hydrogen-bond acceptors (Lipinski definition) is 3. The molecule has 2 aliphatic rings. The van der Waals surface area contributed by atoms with E-state index >= 15 is 0 Å². The first kappa shape index (κ1) is 10.1. The SMILES string of the molecule is CC1CN(C2CCCC2=O)CCCO1. The number of Topliss-reactive ketones (excluding diaryl/α,β-unsaturated/α-hetero) is 1. The maximum Gasteiger partial charge on any atom is 0.149 e. The molecule has 0 aromatic carbocycles. The van der Waals surface area contributed by atoms with Crippen molar-refractivity contribution in [3.63, 3.8) is 0 Å². The van der Waals surface area contributed by atoms with Crippen LogP contribution in [-0.2, 0) is 9.53 Å². The largest absolute Gasteiger partial charge is 0.377 e. The first-order valence-electron chi connectivity index (χ1n) is 5.66. The number of carbonyl (C=O) groups excluding carboxylic acids is 1. The molecule has 3 nitrogen and oxygen atoms in total. The topological polar surface area (TPSA) is 29.5 Å². The normalized spacial score (nSPS) is 35.9. The van der Waals surface area contributed by atoms with Crippen LogP contribution in [0, 0.1) is 0 Å². The highest BCUT2D eigenvalue weighted by Gasteiger charge is 2.31. The Balaban J connectivity index is 1.97. The van der Waals surface area contributed by atoms with Crippen molar-refractivity contribution < 1.29 is 9.53 Å². The third-order valence-corrected chi connectivity index (χ3v) is 3.20. The highest BCUT2D eigenvalue weighted by atomic mass is 16.5. The van der Waals surface area contributed by atoms with E-state index < -0.39 is 0 Å². The van der Waals surface area contributed by atoms with E-state index in [1.807, 2.05) is 0 Å². The maximum atomic E-state index is 11.6. The predicted molar refractivity (Wildman–Crippen MR) is 54.3 cm³/mol. The molecule has 0 N–H and O–H groups in total. The zero-order valence-electron chi connectivity index (χ0n) is 8.87. The average Bonchev–Trinajstić information content (AvgIpc) is 2.45. The Morgan fingerprint density at radius 2 is 2.29 bits per heavy atom. The van der Waals surface area contributed by atoms with Gasteiger partial charge in [0.2, 0.25) is 0 Å². The summed E-state index contributed by atoms with van der Waals surface area (Å²) in [5.74, 6) is 0.444. The average molecular weight is 197 g/mol. The Labute approximate surface area is 85.4 Å². The van der Waals surface area contributed by atoms with Crippen LogP contribution >= 0.6 is 0 Å². The molecule has 1 aliphatic heterocycles. The first-order chi connectivity index (χ1) is 6.77. The Bertz CT molecular complexity index is 217. The lowest BCUT2D eigenvalue weighted by Gasteiger charge is -2.27. The second-order valence-corrected chi connectivity index (χ2v) is 4.40. The number of rotatable bonds is 1. The molecule has 1 aliphatic carbocycles. The van der Waals surface area contributed by atoms with Gasteiger partial charge in [-0.2, -0.15) is 0 Å². The highest BCUT2D eigenvalue weighted by Crippen LogP contribution is 2.22. The Morgan fingerprint density at radius 3 is 3.00 bits per heavy atom. The van der Waals surface area contributed by atoms with Gasteiger partial charge in [0.05, 0.1) is 12.1 Å². The third kappa shape index (κ3) is 2.15. The van der Waals surface area contributed by atoms with Gasteiger partial charge in [-0.3, -0.25) is 9.69 Å². The third-order valence-electron chi connectivity index (χ3n) is 3.20. The molecule has 0 bridgehead atoms. The molecule has 1 saturated carbocycles. The van der Waals surface area contributed by atoms with E-state index in [-0.39, 0.29) is 12.1 Å². The van der Waals surface area contributed by atoms with Crippen molar-refractivity contribution in [1.29, 1.82) is 0 Å². The van der Waals surface area contributed by atoms with Gasteiger partial charge in [0.25, 0.3) is 0 Å². The number of ketones is 1. The van der Waals surface area contributed by atoms with Gasteiger partial charge in [0, 0.05) is 26.1 Å². The van der Waals surface area contributed by atoms with Crippen LogP contribution in [0.3, 0.4) is 0 Å². The molecule has 3 heteroatoms. The van der Waals surface area contributed by atoms with Gasteiger partial charge in [0.15, 0.2) is 0 Å². The molecular weight excluding hydrogens is 178 g/mol. The Kier molecular flexibility index (Phi) is 3.19. The van der Waals surface area contributed by atoms with E-state index in [1.165, 1.54) is 0 Å². The van der Waals surface area contributed by atoms with Crippen molar-refractivity contribution >= 4 is 5.78 Å². The molecule has 2 unspecified atom stereocenters. The minimum absolute atomic E-state index is 0.208. The van der Waals surface area contributed by atoms with Crippen molar-refractivity contribution in [3.05, 3.63) is 0 Å². The van der Waals surface area contributed by atoms with Crippen molar-refractivity contribution in [2.45, 2.75) is 44.8 Å². The van der Waals surface area contributed by atoms with Gasteiger partial charge < -0.3 is 4.74 Å². The van der Waals surface area contributed by atoms with Crippen LogP contribution in [0.15, 0.2) is 0 Å². The van der Waals surface area contributed by atoms with Crippen molar-refractivity contribution in [1.82, 2.24) is 4.90 Å². The molecule has 1 saturated heterocycles. The minimum atomic E-state index is 0.208. The van der Waals surface area contributed by atoms with E-state index in [9.17, 15) is 4.79 Å². The second kappa shape index (κ2) is 4.41. The van der Waals surface area contributed by atoms with Gasteiger partial charge >= 0.3 is 0 Å². The summed E-state index contributed by atoms with van der Waals surface area (Å²) in [6.07, 6.45) is 4.27. The fourth-order valence-corrected chi connectivity index (χ4v) is 2.49. The summed E-state index contributed by atoms with van der Waals surface area (Å²) in [4.78, 5) is 13.9.